The van der Waals surface area contributed by atoms with Gasteiger partial charge in [-0.2, -0.15) is 4.31 Å². The minimum atomic E-state index is -3.66. The van der Waals surface area contributed by atoms with Crippen LogP contribution < -0.4 is 14.8 Å². The van der Waals surface area contributed by atoms with Crippen molar-refractivity contribution in [2.75, 3.05) is 32.6 Å². The van der Waals surface area contributed by atoms with E-state index < -0.39 is 15.9 Å². The van der Waals surface area contributed by atoms with Gasteiger partial charge in [0, 0.05) is 24.8 Å². The molecule has 3 rings (SSSR count). The molecule has 0 saturated carbocycles. The Balaban J connectivity index is 1.70. The molecule has 1 aliphatic rings. The average Bonchev–Trinajstić information content (AvgIpc) is 2.74. The van der Waals surface area contributed by atoms with E-state index in [9.17, 15) is 13.2 Å². The van der Waals surface area contributed by atoms with Crippen LogP contribution in [0.5, 0.6) is 11.5 Å². The zero-order chi connectivity index (χ0) is 20.1. The second-order valence-corrected chi connectivity index (χ2v) is 8.54. The van der Waals surface area contributed by atoms with Crippen LogP contribution in [0.2, 0.25) is 0 Å². The molecule has 2 aromatic carbocycles. The number of nitrogens with zero attached hydrogens (tertiary/aromatic N) is 1. The first-order chi connectivity index (χ1) is 13.4. The van der Waals surface area contributed by atoms with Crippen molar-refractivity contribution in [2.45, 2.75) is 17.7 Å². The number of amides is 1. The summed E-state index contributed by atoms with van der Waals surface area (Å²) in [6, 6.07) is 13.4. The minimum Gasteiger partial charge on any atom is -0.497 e. The third-order valence-electron chi connectivity index (χ3n) is 4.79. The molecule has 1 aliphatic heterocycles. The van der Waals surface area contributed by atoms with Gasteiger partial charge in [0.15, 0.2) is 0 Å². The molecule has 1 amide bonds. The summed E-state index contributed by atoms with van der Waals surface area (Å²) in [4.78, 5) is 12.9. The number of benzene rings is 2. The van der Waals surface area contributed by atoms with Crippen LogP contribution in [0.15, 0.2) is 53.4 Å². The molecule has 1 atom stereocenters. The lowest BCUT2D eigenvalue weighted by Crippen LogP contribution is -2.43. The van der Waals surface area contributed by atoms with Crippen LogP contribution in [0.1, 0.15) is 12.8 Å². The summed E-state index contributed by atoms with van der Waals surface area (Å²) in [7, 11) is -0.572. The summed E-state index contributed by atoms with van der Waals surface area (Å²) >= 11 is 0. The van der Waals surface area contributed by atoms with Crippen molar-refractivity contribution >= 4 is 21.6 Å². The molecule has 0 aliphatic carbocycles. The Kier molecular flexibility index (Phi) is 6.21. The summed E-state index contributed by atoms with van der Waals surface area (Å²) in [5.41, 5.74) is 0.625. The molecule has 1 saturated heterocycles. The molecule has 7 nitrogen and oxygen atoms in total. The van der Waals surface area contributed by atoms with Gasteiger partial charge in [0.25, 0.3) is 0 Å². The van der Waals surface area contributed by atoms with E-state index in [0.717, 1.165) is 0 Å². The van der Waals surface area contributed by atoms with Crippen molar-refractivity contribution in [1.82, 2.24) is 4.31 Å². The zero-order valence-electron chi connectivity index (χ0n) is 15.9. The van der Waals surface area contributed by atoms with E-state index in [4.69, 9.17) is 9.47 Å². The SMILES string of the molecule is COc1ccc(S(=O)(=O)N2CCC[C@@H](C(=O)Nc3cccc(OC)c3)C2)cc1. The second kappa shape index (κ2) is 8.62. The summed E-state index contributed by atoms with van der Waals surface area (Å²) in [5, 5.41) is 2.86. The fourth-order valence-electron chi connectivity index (χ4n) is 3.22. The Bertz CT molecular complexity index is 928. The van der Waals surface area contributed by atoms with Gasteiger partial charge in [0.1, 0.15) is 11.5 Å². The number of methoxy groups -OCH3 is 2. The first-order valence-electron chi connectivity index (χ1n) is 9.03. The van der Waals surface area contributed by atoms with Gasteiger partial charge in [-0.1, -0.05) is 6.07 Å². The Labute approximate surface area is 165 Å². The molecule has 28 heavy (non-hydrogen) atoms. The van der Waals surface area contributed by atoms with Crippen molar-refractivity contribution in [2.24, 2.45) is 5.92 Å². The van der Waals surface area contributed by atoms with E-state index in [-0.39, 0.29) is 17.3 Å². The van der Waals surface area contributed by atoms with Gasteiger partial charge < -0.3 is 14.8 Å². The summed E-state index contributed by atoms with van der Waals surface area (Å²) < 4.78 is 37.5. The molecule has 0 aromatic heterocycles. The maximum absolute atomic E-state index is 12.9. The largest absolute Gasteiger partial charge is 0.497 e. The number of sulfonamides is 1. The highest BCUT2D eigenvalue weighted by molar-refractivity contribution is 7.89. The number of rotatable bonds is 6. The quantitative estimate of drug-likeness (QED) is 0.800. The Hall–Kier alpha value is -2.58. The molecule has 1 heterocycles. The standard InChI is InChI=1S/C20H24N2O5S/c1-26-17-8-10-19(11-9-17)28(24,25)22-12-4-5-15(14-22)20(23)21-16-6-3-7-18(13-16)27-2/h3,6-11,13,15H,4-5,12,14H2,1-2H3,(H,21,23)/t15-/m1/s1. The van der Waals surface area contributed by atoms with E-state index in [2.05, 4.69) is 5.32 Å². The second-order valence-electron chi connectivity index (χ2n) is 6.60. The first-order valence-corrected chi connectivity index (χ1v) is 10.5. The fraction of sp³-hybridized carbons (Fsp3) is 0.350. The molecule has 0 unspecified atom stereocenters. The number of piperidine rings is 1. The van der Waals surface area contributed by atoms with Crippen LogP contribution >= 0.6 is 0 Å². The number of carbonyl (C=O) groups excluding carboxylic acids is 1. The third-order valence-corrected chi connectivity index (χ3v) is 6.67. The van der Waals surface area contributed by atoms with Crippen LogP contribution in [0.25, 0.3) is 0 Å². The number of hydrogen-bond donors (Lipinski definition) is 1. The number of nitrogens with one attached hydrogen (secondary N) is 1. The Morgan fingerprint density at radius 1 is 1.07 bits per heavy atom. The molecular weight excluding hydrogens is 380 g/mol. The van der Waals surface area contributed by atoms with E-state index in [1.807, 2.05) is 0 Å². The molecule has 1 N–H and O–H groups in total. The number of carbonyl (C=O) groups is 1. The molecule has 2 aromatic rings. The Morgan fingerprint density at radius 3 is 2.46 bits per heavy atom. The van der Waals surface area contributed by atoms with Gasteiger partial charge in [-0.15, -0.1) is 0 Å². The molecule has 150 valence electrons. The zero-order valence-corrected chi connectivity index (χ0v) is 16.7. The van der Waals surface area contributed by atoms with Gasteiger partial charge in [0.05, 0.1) is 25.0 Å². The molecule has 1 fully saturated rings. The maximum Gasteiger partial charge on any atom is 0.243 e. The van der Waals surface area contributed by atoms with Gasteiger partial charge in [-0.3, -0.25) is 4.79 Å². The average molecular weight is 404 g/mol. The predicted molar refractivity (Wildman–Crippen MR) is 106 cm³/mol. The van der Waals surface area contributed by atoms with Crippen LogP contribution in [0.3, 0.4) is 0 Å². The van der Waals surface area contributed by atoms with E-state index in [1.54, 1.807) is 43.5 Å². The molecule has 0 radical (unpaired) electrons. The highest BCUT2D eigenvalue weighted by Gasteiger charge is 2.33. The van der Waals surface area contributed by atoms with Crippen LogP contribution in [0, 0.1) is 5.92 Å². The van der Waals surface area contributed by atoms with Crippen molar-refractivity contribution < 1.29 is 22.7 Å². The van der Waals surface area contributed by atoms with Gasteiger partial charge >= 0.3 is 0 Å². The number of ether oxygens (including phenoxy) is 2. The van der Waals surface area contributed by atoms with Crippen LogP contribution in [0.4, 0.5) is 5.69 Å². The monoisotopic (exact) mass is 404 g/mol. The van der Waals surface area contributed by atoms with Gasteiger partial charge in [0.2, 0.25) is 15.9 Å². The highest BCUT2D eigenvalue weighted by Crippen LogP contribution is 2.26. The lowest BCUT2D eigenvalue weighted by Gasteiger charge is -2.31. The third kappa shape index (κ3) is 4.45. The minimum absolute atomic E-state index is 0.157. The summed E-state index contributed by atoms with van der Waals surface area (Å²) in [5.74, 6) is 0.633. The summed E-state index contributed by atoms with van der Waals surface area (Å²) in [6.45, 7) is 0.557. The van der Waals surface area contributed by atoms with Crippen LogP contribution in [-0.2, 0) is 14.8 Å². The summed E-state index contributed by atoms with van der Waals surface area (Å²) in [6.07, 6.45) is 1.27. The number of hydrogen-bond acceptors (Lipinski definition) is 5. The van der Waals surface area contributed by atoms with Crippen molar-refractivity contribution in [3.63, 3.8) is 0 Å². The lowest BCUT2D eigenvalue weighted by atomic mass is 9.98. The molecule has 8 heteroatoms. The van der Waals surface area contributed by atoms with Crippen molar-refractivity contribution in [1.29, 1.82) is 0 Å². The van der Waals surface area contributed by atoms with Gasteiger partial charge in [-0.05, 0) is 49.2 Å². The molecule has 0 spiro atoms. The lowest BCUT2D eigenvalue weighted by molar-refractivity contribution is -0.120. The smallest absolute Gasteiger partial charge is 0.243 e. The predicted octanol–water partition coefficient (Wildman–Crippen LogP) is 2.74. The van der Waals surface area contributed by atoms with Crippen LogP contribution in [-0.4, -0.2) is 45.9 Å². The van der Waals surface area contributed by atoms with E-state index in [1.165, 1.54) is 23.5 Å². The number of anilines is 1. The highest BCUT2D eigenvalue weighted by atomic mass is 32.2. The first kappa shape index (κ1) is 20.2. The topological polar surface area (TPSA) is 84.9 Å². The molecule has 0 bridgehead atoms. The Morgan fingerprint density at radius 2 is 1.79 bits per heavy atom. The fourth-order valence-corrected chi connectivity index (χ4v) is 4.74. The maximum atomic E-state index is 12.9. The van der Waals surface area contributed by atoms with E-state index >= 15 is 0 Å². The normalized spacial score (nSPS) is 17.7. The van der Waals surface area contributed by atoms with Crippen molar-refractivity contribution in [3.05, 3.63) is 48.5 Å². The van der Waals surface area contributed by atoms with Crippen molar-refractivity contribution in [3.8, 4) is 11.5 Å². The van der Waals surface area contributed by atoms with E-state index in [0.29, 0.717) is 36.6 Å². The van der Waals surface area contributed by atoms with Gasteiger partial charge in [-0.25, -0.2) is 8.42 Å². The molecular formula is C20H24N2O5S.